The lowest BCUT2D eigenvalue weighted by molar-refractivity contribution is -0.139. The monoisotopic (exact) mass is 316 g/mol. The zero-order chi connectivity index (χ0) is 15.8. The van der Waals surface area contributed by atoms with Gasteiger partial charge in [0.25, 0.3) is 0 Å². The van der Waals surface area contributed by atoms with Gasteiger partial charge in [-0.25, -0.2) is 12.8 Å². The zero-order valence-electron chi connectivity index (χ0n) is 11.7. The van der Waals surface area contributed by atoms with Crippen LogP contribution >= 0.6 is 0 Å². The lowest BCUT2D eigenvalue weighted by atomic mass is 10.1. The van der Waals surface area contributed by atoms with Crippen molar-refractivity contribution in [3.63, 3.8) is 0 Å². The van der Waals surface area contributed by atoms with E-state index in [2.05, 4.69) is 0 Å². The average Bonchev–Trinajstić information content (AvgIpc) is 2.44. The summed E-state index contributed by atoms with van der Waals surface area (Å²) in [6.07, 6.45) is 0. The molecule has 6 nitrogen and oxygen atoms in total. The molecule has 1 aromatic carbocycles. The number of hydrogen-bond acceptors (Lipinski definition) is 4. The molecule has 2 atom stereocenters. The van der Waals surface area contributed by atoms with Crippen molar-refractivity contribution in [2.75, 3.05) is 20.2 Å². The molecule has 1 heterocycles. The summed E-state index contributed by atoms with van der Waals surface area (Å²) >= 11 is 0. The van der Waals surface area contributed by atoms with Crippen LogP contribution in [0.2, 0.25) is 0 Å². The minimum atomic E-state index is -3.99. The molecule has 0 unspecified atom stereocenters. The first-order valence-corrected chi connectivity index (χ1v) is 7.88. The predicted octanol–water partition coefficient (Wildman–Crippen LogP) is 0.0378. The van der Waals surface area contributed by atoms with E-state index in [4.69, 9.17) is 0 Å². The van der Waals surface area contributed by atoms with Crippen LogP contribution in [-0.2, 0) is 14.8 Å². The molecule has 0 spiro atoms. The van der Waals surface area contributed by atoms with Crippen LogP contribution in [0.4, 0.5) is 4.39 Å². The number of benzene rings is 1. The molecule has 1 aliphatic heterocycles. The fourth-order valence-electron chi connectivity index (χ4n) is 2.50. The van der Waals surface area contributed by atoms with Gasteiger partial charge in [-0.15, -0.1) is 0 Å². The number of amides is 1. The molecular formula is C13H17FN2O4S. The van der Waals surface area contributed by atoms with E-state index in [1.807, 2.05) is 0 Å². The number of hydrogen-bond donors (Lipinski definition) is 1. The fraction of sp³-hybridized carbons (Fsp3) is 0.462. The molecule has 2 rings (SSSR count). The molecular weight excluding hydrogens is 299 g/mol. The zero-order valence-corrected chi connectivity index (χ0v) is 12.5. The summed E-state index contributed by atoms with van der Waals surface area (Å²) in [6, 6.07) is 2.74. The van der Waals surface area contributed by atoms with Crippen LogP contribution in [0.5, 0.6) is 0 Å². The normalized spacial score (nSPS) is 24.4. The minimum absolute atomic E-state index is 0.105. The largest absolute Gasteiger partial charge is 0.395 e. The van der Waals surface area contributed by atoms with Gasteiger partial charge in [-0.2, -0.15) is 4.31 Å². The third-order valence-electron chi connectivity index (χ3n) is 3.56. The van der Waals surface area contributed by atoms with Crippen molar-refractivity contribution in [3.8, 4) is 0 Å². The van der Waals surface area contributed by atoms with Crippen LogP contribution in [0.25, 0.3) is 0 Å². The first kappa shape index (κ1) is 15.9. The molecule has 0 radical (unpaired) electrons. The summed E-state index contributed by atoms with van der Waals surface area (Å²) in [5.74, 6) is -0.888. The third-order valence-corrected chi connectivity index (χ3v) is 5.60. The van der Waals surface area contributed by atoms with Gasteiger partial charge < -0.3 is 10.0 Å². The summed E-state index contributed by atoms with van der Waals surface area (Å²) in [5.41, 5.74) is 0. The van der Waals surface area contributed by atoms with Gasteiger partial charge in [0.1, 0.15) is 11.9 Å². The highest BCUT2D eigenvalue weighted by atomic mass is 32.2. The Labute approximate surface area is 122 Å². The van der Waals surface area contributed by atoms with Crippen molar-refractivity contribution in [2.24, 2.45) is 0 Å². The maximum Gasteiger partial charge on any atom is 0.244 e. The van der Waals surface area contributed by atoms with E-state index in [-0.39, 0.29) is 17.3 Å². The van der Waals surface area contributed by atoms with Crippen molar-refractivity contribution in [2.45, 2.75) is 23.9 Å². The Kier molecular flexibility index (Phi) is 4.31. The van der Waals surface area contributed by atoms with E-state index in [0.717, 1.165) is 28.6 Å². The van der Waals surface area contributed by atoms with Gasteiger partial charge in [0.05, 0.1) is 17.5 Å². The number of nitrogens with zero attached hydrogens (tertiary/aromatic N) is 2. The summed E-state index contributed by atoms with van der Waals surface area (Å²) in [6.45, 7) is 1.18. The Morgan fingerprint density at radius 2 is 1.90 bits per heavy atom. The molecule has 8 heteroatoms. The molecule has 0 saturated carbocycles. The van der Waals surface area contributed by atoms with E-state index >= 15 is 0 Å². The van der Waals surface area contributed by atoms with E-state index < -0.39 is 34.5 Å². The van der Waals surface area contributed by atoms with E-state index in [1.54, 1.807) is 7.05 Å². The molecule has 21 heavy (non-hydrogen) atoms. The SMILES string of the molecule is C[C@H]1C(=O)N(C)C[C@H](CO)N1S(=O)(=O)c1ccc(F)cc1. The van der Waals surface area contributed by atoms with Crippen LogP contribution in [0.15, 0.2) is 29.2 Å². The van der Waals surface area contributed by atoms with Gasteiger partial charge in [-0.3, -0.25) is 4.79 Å². The summed E-state index contributed by atoms with van der Waals surface area (Å²) in [4.78, 5) is 13.3. The fourth-order valence-corrected chi connectivity index (χ4v) is 4.26. The maximum atomic E-state index is 12.9. The second-order valence-electron chi connectivity index (χ2n) is 5.02. The van der Waals surface area contributed by atoms with Crippen LogP contribution in [-0.4, -0.2) is 60.9 Å². The topological polar surface area (TPSA) is 77.9 Å². The molecule has 1 aromatic rings. The second kappa shape index (κ2) is 5.70. The Morgan fingerprint density at radius 1 is 1.33 bits per heavy atom. The van der Waals surface area contributed by atoms with Crippen molar-refractivity contribution in [3.05, 3.63) is 30.1 Å². The molecule has 1 amide bonds. The maximum absolute atomic E-state index is 12.9. The second-order valence-corrected chi connectivity index (χ2v) is 6.86. The first-order valence-electron chi connectivity index (χ1n) is 6.44. The highest BCUT2D eigenvalue weighted by Crippen LogP contribution is 2.25. The molecule has 1 saturated heterocycles. The minimum Gasteiger partial charge on any atom is -0.395 e. The number of aliphatic hydroxyl groups excluding tert-OH is 1. The van der Waals surface area contributed by atoms with Crippen molar-refractivity contribution < 1.29 is 22.7 Å². The number of rotatable bonds is 3. The molecule has 116 valence electrons. The quantitative estimate of drug-likeness (QED) is 0.854. The number of carbonyl (C=O) groups is 1. The lowest BCUT2D eigenvalue weighted by Crippen LogP contribution is -2.62. The van der Waals surface area contributed by atoms with Crippen molar-refractivity contribution >= 4 is 15.9 Å². The van der Waals surface area contributed by atoms with Gasteiger partial charge in [-0.05, 0) is 31.2 Å². The average molecular weight is 316 g/mol. The molecule has 0 bridgehead atoms. The summed E-state index contributed by atoms with van der Waals surface area (Å²) in [7, 11) is -2.43. The van der Waals surface area contributed by atoms with Crippen molar-refractivity contribution in [1.82, 2.24) is 9.21 Å². The van der Waals surface area contributed by atoms with Crippen LogP contribution in [0.1, 0.15) is 6.92 Å². The van der Waals surface area contributed by atoms with E-state index in [0.29, 0.717) is 0 Å². The number of sulfonamides is 1. The van der Waals surface area contributed by atoms with E-state index in [9.17, 15) is 22.7 Å². The summed E-state index contributed by atoms with van der Waals surface area (Å²) in [5, 5.41) is 9.43. The third kappa shape index (κ3) is 2.78. The van der Waals surface area contributed by atoms with Crippen LogP contribution in [0.3, 0.4) is 0 Å². The van der Waals surface area contributed by atoms with Gasteiger partial charge in [-0.1, -0.05) is 0 Å². The molecule has 1 N–H and O–H groups in total. The van der Waals surface area contributed by atoms with E-state index in [1.165, 1.54) is 11.8 Å². The molecule has 1 fully saturated rings. The van der Waals surface area contributed by atoms with Gasteiger partial charge in [0.2, 0.25) is 15.9 Å². The van der Waals surface area contributed by atoms with Gasteiger partial charge in [0.15, 0.2) is 0 Å². The number of piperazine rings is 1. The number of likely N-dealkylation sites (N-methyl/N-ethyl adjacent to an activating group) is 1. The number of carbonyl (C=O) groups excluding carboxylic acids is 1. The highest BCUT2D eigenvalue weighted by molar-refractivity contribution is 7.89. The summed E-state index contributed by atoms with van der Waals surface area (Å²) < 4.78 is 39.2. The smallest absolute Gasteiger partial charge is 0.244 e. The Bertz CT molecular complexity index is 632. The lowest BCUT2D eigenvalue weighted by Gasteiger charge is -2.41. The molecule has 0 aromatic heterocycles. The van der Waals surface area contributed by atoms with Gasteiger partial charge >= 0.3 is 0 Å². The Morgan fingerprint density at radius 3 is 2.43 bits per heavy atom. The van der Waals surface area contributed by atoms with Crippen molar-refractivity contribution in [1.29, 1.82) is 0 Å². The predicted molar refractivity (Wildman–Crippen MR) is 73.4 cm³/mol. The molecule has 0 aliphatic carbocycles. The highest BCUT2D eigenvalue weighted by Gasteiger charge is 2.43. The van der Waals surface area contributed by atoms with Crippen LogP contribution in [0, 0.1) is 5.82 Å². The van der Waals surface area contributed by atoms with Crippen LogP contribution < -0.4 is 0 Å². The first-order chi connectivity index (χ1) is 9.78. The Balaban J connectivity index is 2.45. The molecule has 1 aliphatic rings. The number of halogens is 1. The standard InChI is InChI=1S/C13H17FN2O4S/c1-9-13(18)15(2)7-11(8-17)16(9)21(19,20)12-5-3-10(14)4-6-12/h3-6,9,11,17H,7-8H2,1-2H3/t9-,11+/m0/s1. The van der Waals surface area contributed by atoms with Gasteiger partial charge in [0, 0.05) is 13.6 Å². The Hall–Kier alpha value is -1.51. The number of aliphatic hydroxyl groups is 1.